The molecule has 4 nitrogen and oxygen atoms in total. The molecule has 1 aromatic heterocycles. The van der Waals surface area contributed by atoms with Crippen LogP contribution in [0.5, 0.6) is 0 Å². The molecule has 2 bridgehead atoms. The number of amides is 1. The lowest BCUT2D eigenvalue weighted by Crippen LogP contribution is -2.28. The van der Waals surface area contributed by atoms with Crippen LogP contribution in [0.1, 0.15) is 31.2 Å². The maximum absolute atomic E-state index is 12.6. The molecule has 24 heavy (non-hydrogen) atoms. The van der Waals surface area contributed by atoms with Gasteiger partial charge in [0.25, 0.3) is 0 Å². The van der Waals surface area contributed by atoms with Crippen molar-refractivity contribution in [3.8, 4) is 0 Å². The third-order valence-corrected chi connectivity index (χ3v) is 6.25. The van der Waals surface area contributed by atoms with Crippen LogP contribution in [-0.2, 0) is 11.3 Å². The molecule has 2 fully saturated rings. The van der Waals surface area contributed by atoms with Crippen LogP contribution < -0.4 is 5.32 Å². The molecule has 2 saturated carbocycles. The van der Waals surface area contributed by atoms with Gasteiger partial charge in [-0.1, -0.05) is 41.8 Å². The van der Waals surface area contributed by atoms with Crippen LogP contribution in [0.4, 0.5) is 5.82 Å². The fraction of sp³-hybridized carbons (Fsp3) is 0.444. The van der Waals surface area contributed by atoms with Crippen molar-refractivity contribution in [3.05, 3.63) is 46.1 Å². The Labute approximate surface area is 151 Å². The van der Waals surface area contributed by atoms with Crippen molar-refractivity contribution in [2.45, 2.75) is 32.2 Å². The molecule has 1 amide bonds. The van der Waals surface area contributed by atoms with Gasteiger partial charge in [-0.15, -0.1) is 0 Å². The van der Waals surface area contributed by atoms with Gasteiger partial charge in [0.2, 0.25) is 5.91 Å². The second-order valence-electron chi connectivity index (χ2n) is 6.86. The van der Waals surface area contributed by atoms with Crippen LogP contribution in [0.25, 0.3) is 0 Å². The number of anilines is 1. The number of carbonyl (C=O) groups excluding carboxylic acids is 1. The van der Waals surface area contributed by atoms with E-state index in [2.05, 4.69) is 10.4 Å². The SMILES string of the molecule is O=C(Nc1ccnn1Cc1cccc(Cl)c1Cl)C1CC2CCC1C2. The molecule has 126 valence electrons. The Hall–Kier alpha value is -1.52. The summed E-state index contributed by atoms with van der Waals surface area (Å²) in [5.74, 6) is 2.30. The summed E-state index contributed by atoms with van der Waals surface area (Å²) in [7, 11) is 0. The number of nitrogens with one attached hydrogen (secondary N) is 1. The highest BCUT2D eigenvalue weighted by Crippen LogP contribution is 2.48. The third kappa shape index (κ3) is 2.93. The summed E-state index contributed by atoms with van der Waals surface area (Å²) >= 11 is 12.3. The highest BCUT2D eigenvalue weighted by atomic mass is 35.5. The van der Waals surface area contributed by atoms with Crippen molar-refractivity contribution in [3.63, 3.8) is 0 Å². The first-order chi connectivity index (χ1) is 11.6. The first kappa shape index (κ1) is 16.0. The van der Waals surface area contributed by atoms with E-state index >= 15 is 0 Å². The van der Waals surface area contributed by atoms with Gasteiger partial charge in [0.05, 0.1) is 22.8 Å². The number of halogens is 2. The van der Waals surface area contributed by atoms with Gasteiger partial charge in [-0.25, -0.2) is 4.68 Å². The van der Waals surface area contributed by atoms with Crippen LogP contribution in [0.3, 0.4) is 0 Å². The smallest absolute Gasteiger partial charge is 0.228 e. The zero-order valence-corrected chi connectivity index (χ0v) is 14.7. The summed E-state index contributed by atoms with van der Waals surface area (Å²) in [6, 6.07) is 7.36. The molecule has 6 heteroatoms. The number of fused-ring (bicyclic) bond motifs is 2. The predicted octanol–water partition coefficient (Wildman–Crippen LogP) is 4.61. The van der Waals surface area contributed by atoms with Crippen molar-refractivity contribution in [1.82, 2.24) is 9.78 Å². The van der Waals surface area contributed by atoms with E-state index in [1.54, 1.807) is 16.9 Å². The zero-order valence-electron chi connectivity index (χ0n) is 13.2. The van der Waals surface area contributed by atoms with Crippen LogP contribution in [0.15, 0.2) is 30.5 Å². The largest absolute Gasteiger partial charge is 0.311 e. The number of rotatable bonds is 4. The Bertz CT molecular complexity index is 773. The minimum atomic E-state index is 0.126. The highest BCUT2D eigenvalue weighted by Gasteiger charge is 2.43. The van der Waals surface area contributed by atoms with Gasteiger partial charge in [0, 0.05) is 12.0 Å². The third-order valence-electron chi connectivity index (χ3n) is 5.39. The molecule has 3 atom stereocenters. The van der Waals surface area contributed by atoms with E-state index in [0.717, 1.165) is 17.9 Å². The maximum Gasteiger partial charge on any atom is 0.228 e. The summed E-state index contributed by atoms with van der Waals surface area (Å²) in [5.41, 5.74) is 0.878. The van der Waals surface area contributed by atoms with E-state index < -0.39 is 0 Å². The van der Waals surface area contributed by atoms with E-state index in [-0.39, 0.29) is 11.8 Å². The van der Waals surface area contributed by atoms with E-state index in [4.69, 9.17) is 23.2 Å². The molecule has 1 N–H and O–H groups in total. The van der Waals surface area contributed by atoms with Crippen molar-refractivity contribution in [2.24, 2.45) is 17.8 Å². The van der Waals surface area contributed by atoms with Gasteiger partial charge in [0.1, 0.15) is 5.82 Å². The Morgan fingerprint density at radius 1 is 1.25 bits per heavy atom. The minimum Gasteiger partial charge on any atom is -0.311 e. The molecule has 3 unspecified atom stereocenters. The number of hydrogen-bond donors (Lipinski definition) is 1. The fourth-order valence-electron chi connectivity index (χ4n) is 4.18. The lowest BCUT2D eigenvalue weighted by Gasteiger charge is -2.21. The van der Waals surface area contributed by atoms with Crippen molar-refractivity contribution in [1.29, 1.82) is 0 Å². The minimum absolute atomic E-state index is 0.126. The second kappa shape index (κ2) is 6.41. The van der Waals surface area contributed by atoms with Crippen molar-refractivity contribution in [2.75, 3.05) is 5.32 Å². The summed E-state index contributed by atoms with van der Waals surface area (Å²) in [6.07, 6.45) is 6.43. The van der Waals surface area contributed by atoms with Gasteiger partial charge in [-0.3, -0.25) is 4.79 Å². The molecule has 1 aromatic carbocycles. The molecule has 0 radical (unpaired) electrons. The molecule has 1 heterocycles. The Balaban J connectivity index is 1.48. The van der Waals surface area contributed by atoms with Gasteiger partial charge < -0.3 is 5.32 Å². The van der Waals surface area contributed by atoms with E-state index in [0.29, 0.717) is 28.3 Å². The van der Waals surface area contributed by atoms with E-state index in [9.17, 15) is 4.79 Å². The first-order valence-corrected chi connectivity index (χ1v) is 9.13. The first-order valence-electron chi connectivity index (χ1n) is 8.37. The summed E-state index contributed by atoms with van der Waals surface area (Å²) in [5, 5.41) is 8.42. The topological polar surface area (TPSA) is 46.9 Å². The van der Waals surface area contributed by atoms with Gasteiger partial charge in [0.15, 0.2) is 0 Å². The van der Waals surface area contributed by atoms with Crippen molar-refractivity contribution < 1.29 is 4.79 Å². The summed E-state index contributed by atoms with van der Waals surface area (Å²) in [4.78, 5) is 12.6. The normalized spacial score (nSPS) is 25.2. The predicted molar refractivity (Wildman–Crippen MR) is 95.4 cm³/mol. The molecular formula is C18H19Cl2N3O. The lowest BCUT2D eigenvalue weighted by molar-refractivity contribution is -0.121. The quantitative estimate of drug-likeness (QED) is 0.861. The summed E-state index contributed by atoms with van der Waals surface area (Å²) < 4.78 is 1.75. The zero-order chi connectivity index (χ0) is 16.7. The molecule has 2 aliphatic rings. The number of benzene rings is 1. The Morgan fingerprint density at radius 2 is 2.12 bits per heavy atom. The van der Waals surface area contributed by atoms with Crippen LogP contribution >= 0.6 is 23.2 Å². The fourth-order valence-corrected chi connectivity index (χ4v) is 4.56. The maximum atomic E-state index is 12.6. The van der Waals surface area contributed by atoms with Gasteiger partial charge in [-0.05, 0) is 42.7 Å². The number of hydrogen-bond acceptors (Lipinski definition) is 2. The van der Waals surface area contributed by atoms with Gasteiger partial charge >= 0.3 is 0 Å². The standard InChI is InChI=1S/C18H19Cl2N3O/c19-15-3-1-2-13(17(15)20)10-23-16(6-7-21-23)22-18(24)14-9-11-4-5-12(14)8-11/h1-3,6-7,11-12,14H,4-5,8-10H2,(H,22,24). The van der Waals surface area contributed by atoms with Gasteiger partial charge in [-0.2, -0.15) is 5.10 Å². The molecular weight excluding hydrogens is 345 g/mol. The molecule has 2 aromatic rings. The van der Waals surface area contributed by atoms with Crippen LogP contribution in [-0.4, -0.2) is 15.7 Å². The highest BCUT2D eigenvalue weighted by molar-refractivity contribution is 6.42. The van der Waals surface area contributed by atoms with E-state index in [1.165, 1.54) is 19.3 Å². The monoisotopic (exact) mass is 363 g/mol. The van der Waals surface area contributed by atoms with Crippen LogP contribution in [0, 0.1) is 17.8 Å². The number of nitrogens with zero attached hydrogens (tertiary/aromatic N) is 2. The second-order valence-corrected chi connectivity index (χ2v) is 7.64. The molecule has 4 rings (SSSR count). The molecule has 2 aliphatic carbocycles. The average Bonchev–Trinajstić information content (AvgIpc) is 3.29. The average molecular weight is 364 g/mol. The van der Waals surface area contributed by atoms with Crippen LogP contribution in [0.2, 0.25) is 10.0 Å². The number of aromatic nitrogens is 2. The number of carbonyl (C=O) groups is 1. The lowest BCUT2D eigenvalue weighted by atomic mass is 9.88. The van der Waals surface area contributed by atoms with Crippen molar-refractivity contribution >= 4 is 34.9 Å². The summed E-state index contributed by atoms with van der Waals surface area (Å²) in [6.45, 7) is 0.471. The Kier molecular flexibility index (Phi) is 4.27. The van der Waals surface area contributed by atoms with E-state index in [1.807, 2.05) is 18.2 Å². The molecule has 0 spiro atoms. The molecule has 0 aliphatic heterocycles. The Morgan fingerprint density at radius 3 is 2.88 bits per heavy atom. The molecule has 0 saturated heterocycles.